The second kappa shape index (κ2) is 5.78. The summed E-state index contributed by atoms with van der Waals surface area (Å²) in [7, 11) is 0. The predicted octanol–water partition coefficient (Wildman–Crippen LogP) is 4.46. The molecule has 2 heteroatoms. The van der Waals surface area contributed by atoms with Crippen molar-refractivity contribution in [3.63, 3.8) is 0 Å². The lowest BCUT2D eigenvalue weighted by atomic mass is 10.1. The second-order valence-corrected chi connectivity index (χ2v) is 4.72. The normalized spacial score (nSPS) is 11.5. The highest BCUT2D eigenvalue weighted by Gasteiger charge is 2.01. The molecule has 1 nitrogen and oxygen atoms in total. The van der Waals surface area contributed by atoms with Crippen LogP contribution in [-0.2, 0) is 6.54 Å². The molecule has 0 aromatic heterocycles. The van der Waals surface area contributed by atoms with Crippen molar-refractivity contribution in [3.8, 4) is 0 Å². The van der Waals surface area contributed by atoms with Gasteiger partial charge in [0.2, 0.25) is 0 Å². The van der Waals surface area contributed by atoms with Gasteiger partial charge in [-0.1, -0.05) is 64.5 Å². The number of halogens is 1. The zero-order valence-electron chi connectivity index (χ0n) is 9.73. The molecule has 0 unspecified atom stereocenters. The van der Waals surface area contributed by atoms with Crippen LogP contribution in [0.3, 0.4) is 0 Å². The summed E-state index contributed by atoms with van der Waals surface area (Å²) in [6.07, 6.45) is 0. The number of aliphatic imine (C=N–C) groups is 1. The van der Waals surface area contributed by atoms with E-state index < -0.39 is 0 Å². The Labute approximate surface area is 110 Å². The zero-order chi connectivity index (χ0) is 12.1. The van der Waals surface area contributed by atoms with Crippen molar-refractivity contribution in [2.45, 2.75) is 13.5 Å². The fourth-order valence-corrected chi connectivity index (χ4v) is 2.20. The first-order chi connectivity index (χ1) is 8.27. The van der Waals surface area contributed by atoms with Gasteiger partial charge in [-0.3, -0.25) is 4.99 Å². The van der Waals surface area contributed by atoms with Gasteiger partial charge in [-0.25, -0.2) is 0 Å². The van der Waals surface area contributed by atoms with Gasteiger partial charge in [-0.2, -0.15) is 0 Å². The SMILES string of the molecule is CC(=NCc1ccccc1)c1ccccc1Br. The van der Waals surface area contributed by atoms with Crippen LogP contribution in [0.2, 0.25) is 0 Å². The lowest BCUT2D eigenvalue weighted by molar-refractivity contribution is 1.06. The highest BCUT2D eigenvalue weighted by Crippen LogP contribution is 2.17. The predicted molar refractivity (Wildman–Crippen MR) is 76.5 cm³/mol. The smallest absolute Gasteiger partial charge is 0.0643 e. The number of hydrogen-bond donors (Lipinski definition) is 0. The van der Waals surface area contributed by atoms with Gasteiger partial charge in [0.15, 0.2) is 0 Å². The Morgan fingerprint density at radius 1 is 1.00 bits per heavy atom. The van der Waals surface area contributed by atoms with E-state index in [2.05, 4.69) is 39.1 Å². The molecule has 0 heterocycles. The van der Waals surface area contributed by atoms with E-state index in [0.717, 1.165) is 22.3 Å². The Kier molecular flexibility index (Phi) is 4.10. The number of benzene rings is 2. The van der Waals surface area contributed by atoms with Gasteiger partial charge in [-0.05, 0) is 18.6 Å². The van der Waals surface area contributed by atoms with Crippen LogP contribution in [0.5, 0.6) is 0 Å². The van der Waals surface area contributed by atoms with Gasteiger partial charge < -0.3 is 0 Å². The van der Waals surface area contributed by atoms with E-state index in [4.69, 9.17) is 0 Å². The van der Waals surface area contributed by atoms with Gasteiger partial charge in [0.25, 0.3) is 0 Å². The molecule has 0 saturated carbocycles. The van der Waals surface area contributed by atoms with E-state index in [1.54, 1.807) is 0 Å². The molecule has 0 aliphatic rings. The summed E-state index contributed by atoms with van der Waals surface area (Å²) in [6, 6.07) is 18.4. The van der Waals surface area contributed by atoms with Crippen molar-refractivity contribution in [1.82, 2.24) is 0 Å². The van der Waals surface area contributed by atoms with E-state index in [9.17, 15) is 0 Å². The van der Waals surface area contributed by atoms with E-state index >= 15 is 0 Å². The summed E-state index contributed by atoms with van der Waals surface area (Å²) >= 11 is 3.54. The summed E-state index contributed by atoms with van der Waals surface area (Å²) < 4.78 is 1.09. The quantitative estimate of drug-likeness (QED) is 0.739. The maximum Gasteiger partial charge on any atom is 0.0643 e. The van der Waals surface area contributed by atoms with Crippen molar-refractivity contribution in [3.05, 3.63) is 70.2 Å². The standard InChI is InChI=1S/C15H14BrN/c1-12(14-9-5-6-10-15(14)16)17-11-13-7-3-2-4-8-13/h2-10H,11H2,1H3. The molecule has 0 amide bonds. The topological polar surface area (TPSA) is 12.4 Å². The van der Waals surface area contributed by atoms with Crippen LogP contribution in [0, 0.1) is 0 Å². The molecule has 17 heavy (non-hydrogen) atoms. The number of nitrogens with zero attached hydrogens (tertiary/aromatic N) is 1. The van der Waals surface area contributed by atoms with Crippen molar-refractivity contribution in [1.29, 1.82) is 0 Å². The first kappa shape index (κ1) is 12.1. The van der Waals surface area contributed by atoms with Gasteiger partial charge in [-0.15, -0.1) is 0 Å². The zero-order valence-corrected chi connectivity index (χ0v) is 11.3. The Balaban J connectivity index is 2.16. The molecule has 0 N–H and O–H groups in total. The monoisotopic (exact) mass is 287 g/mol. The Bertz CT molecular complexity index is 517. The van der Waals surface area contributed by atoms with Crippen LogP contribution in [0.4, 0.5) is 0 Å². The molecule has 86 valence electrons. The molecule has 2 aromatic rings. The third kappa shape index (κ3) is 3.27. The van der Waals surface area contributed by atoms with Gasteiger partial charge in [0.05, 0.1) is 6.54 Å². The molecular formula is C15H14BrN. The van der Waals surface area contributed by atoms with Crippen LogP contribution in [-0.4, -0.2) is 5.71 Å². The molecule has 0 saturated heterocycles. The Morgan fingerprint density at radius 2 is 1.65 bits per heavy atom. The second-order valence-electron chi connectivity index (χ2n) is 3.87. The summed E-state index contributed by atoms with van der Waals surface area (Å²) in [6.45, 7) is 2.77. The lowest BCUT2D eigenvalue weighted by Gasteiger charge is -2.04. The summed E-state index contributed by atoms with van der Waals surface area (Å²) in [5, 5.41) is 0. The molecule has 0 bridgehead atoms. The van der Waals surface area contributed by atoms with Gasteiger partial charge >= 0.3 is 0 Å². The molecule has 2 rings (SSSR count). The average molecular weight is 288 g/mol. The van der Waals surface area contributed by atoms with E-state index in [0.29, 0.717) is 0 Å². The maximum atomic E-state index is 4.61. The van der Waals surface area contributed by atoms with Crippen LogP contribution >= 0.6 is 15.9 Å². The molecule has 0 aliphatic heterocycles. The minimum Gasteiger partial charge on any atom is -0.285 e. The fraction of sp³-hybridized carbons (Fsp3) is 0.133. The molecular weight excluding hydrogens is 274 g/mol. The van der Waals surface area contributed by atoms with Gasteiger partial charge in [0.1, 0.15) is 0 Å². The third-order valence-corrected chi connectivity index (χ3v) is 3.30. The first-order valence-electron chi connectivity index (χ1n) is 5.57. The van der Waals surface area contributed by atoms with Crippen LogP contribution in [0.15, 0.2) is 64.1 Å². The maximum absolute atomic E-state index is 4.61. The Morgan fingerprint density at radius 3 is 2.35 bits per heavy atom. The minimum absolute atomic E-state index is 0.730. The first-order valence-corrected chi connectivity index (χ1v) is 6.36. The third-order valence-electron chi connectivity index (χ3n) is 2.61. The fourth-order valence-electron chi connectivity index (χ4n) is 1.63. The lowest BCUT2D eigenvalue weighted by Crippen LogP contribution is -1.96. The van der Waals surface area contributed by atoms with E-state index in [1.807, 2.05) is 43.3 Å². The molecule has 0 spiro atoms. The molecule has 0 radical (unpaired) electrons. The van der Waals surface area contributed by atoms with E-state index in [1.165, 1.54) is 5.56 Å². The van der Waals surface area contributed by atoms with Crippen LogP contribution in [0.25, 0.3) is 0 Å². The van der Waals surface area contributed by atoms with Crippen molar-refractivity contribution in [2.75, 3.05) is 0 Å². The Hall–Kier alpha value is -1.41. The molecule has 0 atom stereocenters. The van der Waals surface area contributed by atoms with Gasteiger partial charge in [0, 0.05) is 15.7 Å². The summed E-state index contributed by atoms with van der Waals surface area (Å²) in [4.78, 5) is 4.61. The van der Waals surface area contributed by atoms with Crippen molar-refractivity contribution >= 4 is 21.6 Å². The molecule has 2 aromatic carbocycles. The summed E-state index contributed by atoms with van der Waals surface area (Å²) in [5.41, 5.74) is 3.45. The minimum atomic E-state index is 0.730. The highest BCUT2D eigenvalue weighted by atomic mass is 79.9. The molecule has 0 fully saturated rings. The van der Waals surface area contributed by atoms with Crippen molar-refractivity contribution in [2.24, 2.45) is 4.99 Å². The number of rotatable bonds is 3. The van der Waals surface area contributed by atoms with Crippen LogP contribution in [0.1, 0.15) is 18.1 Å². The molecule has 0 aliphatic carbocycles. The van der Waals surface area contributed by atoms with Crippen molar-refractivity contribution < 1.29 is 0 Å². The number of hydrogen-bond acceptors (Lipinski definition) is 1. The average Bonchev–Trinajstić information content (AvgIpc) is 2.38. The summed E-state index contributed by atoms with van der Waals surface area (Å²) in [5.74, 6) is 0. The largest absolute Gasteiger partial charge is 0.285 e. The highest BCUT2D eigenvalue weighted by molar-refractivity contribution is 9.10. The van der Waals surface area contributed by atoms with Crippen LogP contribution < -0.4 is 0 Å². The van der Waals surface area contributed by atoms with E-state index in [-0.39, 0.29) is 0 Å².